The van der Waals surface area contributed by atoms with Crippen molar-refractivity contribution in [1.29, 1.82) is 5.26 Å². The zero-order chi connectivity index (χ0) is 29.0. The minimum atomic E-state index is -0.399. The first-order valence-corrected chi connectivity index (χ1v) is 14.8. The molecule has 2 aliphatic heterocycles. The molecule has 0 aromatic carbocycles. The van der Waals surface area contributed by atoms with Crippen LogP contribution >= 0.6 is 13.5 Å². The summed E-state index contributed by atoms with van der Waals surface area (Å²) in [6, 6.07) is 8.70. The highest BCUT2D eigenvalue weighted by Crippen LogP contribution is 2.36. The van der Waals surface area contributed by atoms with Gasteiger partial charge in [0.05, 0.1) is 35.5 Å². The minimum Gasteiger partial charge on any atom is -0.492 e. The molecule has 1 amide bonds. The molecule has 2 saturated heterocycles. The van der Waals surface area contributed by atoms with Gasteiger partial charge in [-0.05, 0) is 50.8 Å². The molecule has 2 aliphatic rings. The Hall–Kier alpha value is -3.33. The van der Waals surface area contributed by atoms with Gasteiger partial charge in [-0.2, -0.15) is 23.9 Å². The number of rotatable bonds is 9. The second-order valence-electron chi connectivity index (χ2n) is 11.9. The van der Waals surface area contributed by atoms with Gasteiger partial charge in [0, 0.05) is 69.2 Å². The van der Waals surface area contributed by atoms with Gasteiger partial charge in [0.15, 0.2) is 0 Å². The van der Waals surface area contributed by atoms with Crippen molar-refractivity contribution < 1.29 is 9.53 Å². The molecule has 1 atom stereocenters. The Morgan fingerprint density at radius 3 is 2.69 bits per heavy atom. The van der Waals surface area contributed by atoms with Crippen LogP contribution in [0.5, 0.6) is 5.75 Å². The summed E-state index contributed by atoms with van der Waals surface area (Å²) in [6.45, 7) is 14.9. The minimum absolute atomic E-state index is 0. The summed E-state index contributed by atoms with van der Waals surface area (Å²) in [6.07, 6.45) is 6.81. The molecule has 0 unspecified atom stereocenters. The largest absolute Gasteiger partial charge is 0.492 e. The van der Waals surface area contributed by atoms with Gasteiger partial charge in [0.1, 0.15) is 17.6 Å². The molecule has 0 bridgehead atoms. The first-order chi connectivity index (χ1) is 19.8. The van der Waals surface area contributed by atoms with Gasteiger partial charge in [0.25, 0.3) is 0 Å². The molecule has 3 aromatic heterocycles. The van der Waals surface area contributed by atoms with E-state index in [1.807, 2.05) is 31.3 Å². The SMILES string of the molecule is CCOc1cc(-c2ccc(N3CCC(CN4CCN[C@@H](C)C4)(C(=O)NCC(C)C)CC3)nc2)c2c(C#N)cnn2c1.S. The van der Waals surface area contributed by atoms with Crippen LogP contribution in [0.1, 0.15) is 46.1 Å². The number of piperazine rings is 1. The molecule has 5 rings (SSSR count). The average molecular weight is 593 g/mol. The van der Waals surface area contributed by atoms with Gasteiger partial charge < -0.3 is 20.3 Å². The van der Waals surface area contributed by atoms with Gasteiger partial charge in [-0.3, -0.25) is 9.69 Å². The predicted octanol–water partition coefficient (Wildman–Crippen LogP) is 3.43. The molecule has 0 saturated carbocycles. The number of carbonyl (C=O) groups excluding carboxylic acids is 1. The molecule has 3 aromatic rings. The zero-order valence-corrected chi connectivity index (χ0v) is 26.2. The Labute approximate surface area is 255 Å². The summed E-state index contributed by atoms with van der Waals surface area (Å²) in [7, 11) is 0. The number of aromatic nitrogens is 3. The van der Waals surface area contributed by atoms with Crippen LogP contribution in [0.2, 0.25) is 0 Å². The second kappa shape index (κ2) is 13.8. The third kappa shape index (κ3) is 6.83. The van der Waals surface area contributed by atoms with Crippen LogP contribution in [0.3, 0.4) is 0 Å². The number of amides is 1. The number of nitrogens with zero attached hydrogens (tertiary/aromatic N) is 6. The van der Waals surface area contributed by atoms with E-state index in [0.717, 1.165) is 74.6 Å². The van der Waals surface area contributed by atoms with E-state index in [1.165, 1.54) is 0 Å². The highest BCUT2D eigenvalue weighted by atomic mass is 32.1. The Morgan fingerprint density at radius 1 is 1.26 bits per heavy atom. The standard InChI is InChI=1S/C31H42N8O2.H2S/c1-5-41-26-14-27(29-25(15-32)18-36-39(29)20-26)24-6-7-28(34-17-24)38-11-8-31(9-12-38,30(40)35-16-22(2)3)21-37-13-10-33-23(4)19-37;/h6-7,14,17-18,20,22-23,33H,5,8-13,16,19,21H2,1-4H3,(H,35,40);1H2/t23-;/m0./s1. The number of fused-ring (bicyclic) bond motifs is 1. The Kier molecular flexibility index (Phi) is 10.4. The smallest absolute Gasteiger partial charge is 0.227 e. The van der Waals surface area contributed by atoms with E-state index in [2.05, 4.69) is 52.4 Å². The van der Waals surface area contributed by atoms with Gasteiger partial charge >= 0.3 is 0 Å². The first kappa shape index (κ1) is 31.6. The summed E-state index contributed by atoms with van der Waals surface area (Å²) < 4.78 is 7.45. The van der Waals surface area contributed by atoms with Crippen molar-refractivity contribution in [3.63, 3.8) is 0 Å². The monoisotopic (exact) mass is 592 g/mol. The molecule has 226 valence electrons. The van der Waals surface area contributed by atoms with Crippen molar-refractivity contribution in [2.75, 3.05) is 57.3 Å². The van der Waals surface area contributed by atoms with Crippen LogP contribution in [-0.2, 0) is 4.79 Å². The Bertz CT molecular complexity index is 1390. The second-order valence-corrected chi connectivity index (χ2v) is 11.9. The average Bonchev–Trinajstić information content (AvgIpc) is 3.39. The maximum Gasteiger partial charge on any atom is 0.227 e. The van der Waals surface area contributed by atoms with Gasteiger partial charge in [0.2, 0.25) is 5.91 Å². The third-order valence-corrected chi connectivity index (χ3v) is 8.25. The topological polar surface area (TPSA) is 111 Å². The van der Waals surface area contributed by atoms with Crippen molar-refractivity contribution in [1.82, 2.24) is 30.1 Å². The lowest BCUT2D eigenvalue weighted by molar-refractivity contribution is -0.134. The fourth-order valence-corrected chi connectivity index (χ4v) is 6.07. The lowest BCUT2D eigenvalue weighted by Gasteiger charge is -2.45. The first-order valence-electron chi connectivity index (χ1n) is 14.8. The molecule has 0 spiro atoms. The van der Waals surface area contributed by atoms with Crippen molar-refractivity contribution >= 4 is 30.7 Å². The number of pyridine rings is 2. The van der Waals surface area contributed by atoms with Crippen LogP contribution in [0, 0.1) is 22.7 Å². The molecule has 5 heterocycles. The van der Waals surface area contributed by atoms with Crippen molar-refractivity contribution in [3.8, 4) is 22.9 Å². The maximum absolute atomic E-state index is 13.6. The highest BCUT2D eigenvalue weighted by Gasteiger charge is 2.43. The van der Waals surface area contributed by atoms with E-state index in [4.69, 9.17) is 9.72 Å². The molecule has 0 aliphatic carbocycles. The lowest BCUT2D eigenvalue weighted by atomic mass is 9.76. The molecule has 10 nitrogen and oxygen atoms in total. The fourth-order valence-electron chi connectivity index (χ4n) is 6.07. The summed E-state index contributed by atoms with van der Waals surface area (Å²) in [5.41, 5.74) is 2.60. The fraction of sp³-hybridized carbons (Fsp3) is 0.548. The number of piperidine rings is 1. The van der Waals surface area contributed by atoms with E-state index < -0.39 is 5.41 Å². The van der Waals surface area contributed by atoms with Crippen LogP contribution < -0.4 is 20.3 Å². The third-order valence-electron chi connectivity index (χ3n) is 8.25. The molecular weight excluding hydrogens is 548 g/mol. The van der Waals surface area contributed by atoms with E-state index in [-0.39, 0.29) is 19.4 Å². The maximum atomic E-state index is 13.6. The van der Waals surface area contributed by atoms with Crippen molar-refractivity contribution in [3.05, 3.63) is 42.4 Å². The summed E-state index contributed by atoms with van der Waals surface area (Å²) in [5.74, 6) is 2.19. The van der Waals surface area contributed by atoms with E-state index in [0.29, 0.717) is 36.4 Å². The summed E-state index contributed by atoms with van der Waals surface area (Å²) in [5, 5.41) is 20.8. The normalized spacial score (nSPS) is 18.9. The number of nitriles is 1. The molecular formula is C31H44N8O2S. The number of anilines is 1. The summed E-state index contributed by atoms with van der Waals surface area (Å²) in [4.78, 5) is 23.2. The Balaban J connectivity index is 0.00000405. The van der Waals surface area contributed by atoms with Gasteiger partial charge in [-0.25, -0.2) is 9.50 Å². The van der Waals surface area contributed by atoms with E-state index in [1.54, 1.807) is 16.9 Å². The van der Waals surface area contributed by atoms with Crippen molar-refractivity contribution in [2.45, 2.75) is 46.6 Å². The number of hydrogen-bond acceptors (Lipinski definition) is 8. The van der Waals surface area contributed by atoms with E-state index >= 15 is 0 Å². The van der Waals surface area contributed by atoms with E-state index in [9.17, 15) is 10.1 Å². The zero-order valence-electron chi connectivity index (χ0n) is 25.2. The molecule has 2 N–H and O–H groups in total. The van der Waals surface area contributed by atoms with Crippen molar-refractivity contribution in [2.24, 2.45) is 11.3 Å². The van der Waals surface area contributed by atoms with Crippen LogP contribution in [0.15, 0.2) is 36.8 Å². The highest BCUT2D eigenvalue weighted by molar-refractivity contribution is 7.59. The number of nitrogens with one attached hydrogen (secondary N) is 2. The quantitative estimate of drug-likeness (QED) is 0.389. The summed E-state index contributed by atoms with van der Waals surface area (Å²) >= 11 is 0. The lowest BCUT2D eigenvalue weighted by Crippen LogP contribution is -2.58. The van der Waals surface area contributed by atoms with Gasteiger partial charge in [-0.1, -0.05) is 13.8 Å². The number of carbonyl (C=O) groups is 1. The molecule has 0 radical (unpaired) electrons. The predicted molar refractivity (Wildman–Crippen MR) is 170 cm³/mol. The van der Waals surface area contributed by atoms with Crippen LogP contribution in [-0.4, -0.2) is 83.9 Å². The molecule has 42 heavy (non-hydrogen) atoms. The van der Waals surface area contributed by atoms with Crippen LogP contribution in [0.4, 0.5) is 5.82 Å². The number of hydrogen-bond donors (Lipinski definition) is 2. The van der Waals surface area contributed by atoms with Gasteiger partial charge in [-0.15, -0.1) is 0 Å². The Morgan fingerprint density at radius 2 is 2.05 bits per heavy atom. The molecule has 2 fully saturated rings. The number of ether oxygens (including phenoxy) is 1. The van der Waals surface area contributed by atoms with Crippen LogP contribution in [0.25, 0.3) is 16.6 Å². The molecule has 11 heteroatoms.